The highest BCUT2D eigenvalue weighted by Crippen LogP contribution is 2.28. The second kappa shape index (κ2) is 4.08. The molecule has 86 valence electrons. The fourth-order valence-corrected chi connectivity index (χ4v) is 3.21. The fourth-order valence-electron chi connectivity index (χ4n) is 2.32. The molecule has 1 aliphatic carbocycles. The summed E-state index contributed by atoms with van der Waals surface area (Å²) in [5, 5.41) is 11.9. The van der Waals surface area contributed by atoms with Gasteiger partial charge in [0.2, 0.25) is 11.9 Å². The third-order valence-corrected chi connectivity index (χ3v) is 4.17. The van der Waals surface area contributed by atoms with E-state index in [-0.39, 0.29) is 11.8 Å². The Morgan fingerprint density at radius 2 is 2.19 bits per heavy atom. The van der Waals surface area contributed by atoms with Gasteiger partial charge < -0.3 is 0 Å². The van der Waals surface area contributed by atoms with E-state index in [1.54, 1.807) is 11.8 Å². The van der Waals surface area contributed by atoms with Crippen LogP contribution in [0.1, 0.15) is 25.7 Å². The number of rotatable bonds is 2. The van der Waals surface area contributed by atoms with Crippen molar-refractivity contribution < 1.29 is 4.79 Å². The molecule has 0 bridgehead atoms. The Morgan fingerprint density at radius 3 is 3.00 bits per heavy atom. The van der Waals surface area contributed by atoms with Crippen LogP contribution in [0.25, 0.3) is 0 Å². The molecule has 5 nitrogen and oxygen atoms in total. The van der Waals surface area contributed by atoms with Gasteiger partial charge in [0.1, 0.15) is 0 Å². The van der Waals surface area contributed by atoms with Crippen LogP contribution >= 0.6 is 11.8 Å². The second-order valence-electron chi connectivity index (χ2n) is 4.28. The van der Waals surface area contributed by atoms with Crippen LogP contribution in [-0.2, 0) is 11.3 Å². The third-order valence-electron chi connectivity index (χ3n) is 3.22. The molecule has 0 saturated heterocycles. The van der Waals surface area contributed by atoms with Crippen molar-refractivity contribution in [2.45, 2.75) is 37.4 Å². The number of thioether (sulfide) groups is 1. The van der Waals surface area contributed by atoms with Gasteiger partial charge in [0, 0.05) is 18.2 Å². The van der Waals surface area contributed by atoms with Gasteiger partial charge in [-0.15, -0.1) is 10.2 Å². The number of hydrogen-bond donors (Lipinski definition) is 1. The van der Waals surface area contributed by atoms with Crippen molar-refractivity contribution in [3.8, 4) is 0 Å². The highest BCUT2D eigenvalue weighted by atomic mass is 32.2. The zero-order valence-electron chi connectivity index (χ0n) is 8.98. The Labute approximate surface area is 98.0 Å². The van der Waals surface area contributed by atoms with Gasteiger partial charge in [-0.05, 0) is 12.8 Å². The van der Waals surface area contributed by atoms with E-state index < -0.39 is 0 Å². The number of amides is 1. The molecule has 2 heterocycles. The first-order chi connectivity index (χ1) is 7.84. The summed E-state index contributed by atoms with van der Waals surface area (Å²) in [6.07, 6.45) is 4.38. The highest BCUT2D eigenvalue weighted by Gasteiger charge is 2.25. The number of carbonyl (C=O) groups excluding carboxylic acids is 1. The Balaban J connectivity index is 1.71. The molecule has 2 aliphatic rings. The molecule has 0 aromatic carbocycles. The monoisotopic (exact) mass is 238 g/mol. The van der Waals surface area contributed by atoms with Crippen LogP contribution in [0.3, 0.4) is 0 Å². The maximum Gasteiger partial charge on any atom is 0.231 e. The average Bonchev–Trinajstić information content (AvgIpc) is 2.94. The summed E-state index contributed by atoms with van der Waals surface area (Å²) < 4.78 is 1.98. The molecule has 0 unspecified atom stereocenters. The van der Waals surface area contributed by atoms with Gasteiger partial charge in [-0.2, -0.15) is 0 Å². The van der Waals surface area contributed by atoms with Crippen LogP contribution in [0.5, 0.6) is 0 Å². The van der Waals surface area contributed by atoms with E-state index in [9.17, 15) is 4.79 Å². The van der Waals surface area contributed by atoms with Crippen molar-refractivity contribution in [1.29, 1.82) is 0 Å². The van der Waals surface area contributed by atoms with Crippen molar-refractivity contribution in [2.75, 3.05) is 11.1 Å². The maximum absolute atomic E-state index is 11.9. The van der Waals surface area contributed by atoms with Crippen molar-refractivity contribution in [3.63, 3.8) is 0 Å². The molecule has 1 amide bonds. The van der Waals surface area contributed by atoms with Gasteiger partial charge in [-0.3, -0.25) is 14.7 Å². The van der Waals surface area contributed by atoms with Crippen LogP contribution in [0.2, 0.25) is 0 Å². The Morgan fingerprint density at radius 1 is 1.38 bits per heavy atom. The van der Waals surface area contributed by atoms with E-state index in [4.69, 9.17) is 0 Å². The van der Waals surface area contributed by atoms with Crippen molar-refractivity contribution in [1.82, 2.24) is 14.8 Å². The normalized spacial score (nSPS) is 20.0. The number of aromatic nitrogens is 3. The minimum Gasteiger partial charge on any atom is -0.294 e. The van der Waals surface area contributed by atoms with Crippen molar-refractivity contribution in [2.24, 2.45) is 5.92 Å². The molecule has 1 aliphatic heterocycles. The van der Waals surface area contributed by atoms with Crippen LogP contribution < -0.4 is 5.32 Å². The topological polar surface area (TPSA) is 59.8 Å². The first-order valence-electron chi connectivity index (χ1n) is 5.71. The van der Waals surface area contributed by atoms with Gasteiger partial charge in [0.25, 0.3) is 0 Å². The number of anilines is 1. The second-order valence-corrected chi connectivity index (χ2v) is 5.34. The lowest BCUT2D eigenvalue weighted by Gasteiger charge is -2.09. The molecule has 0 atom stereocenters. The predicted octanol–water partition coefficient (Wildman–Crippen LogP) is 1.51. The molecule has 1 aromatic heterocycles. The number of hydrogen-bond acceptors (Lipinski definition) is 4. The van der Waals surface area contributed by atoms with Gasteiger partial charge in [0.15, 0.2) is 5.16 Å². The predicted molar refractivity (Wildman–Crippen MR) is 61.3 cm³/mol. The van der Waals surface area contributed by atoms with E-state index in [0.29, 0.717) is 5.95 Å². The van der Waals surface area contributed by atoms with Gasteiger partial charge in [0.05, 0.1) is 0 Å². The average molecular weight is 238 g/mol. The zero-order chi connectivity index (χ0) is 11.0. The Hall–Kier alpha value is -1.04. The Bertz CT molecular complexity index is 411. The molecular weight excluding hydrogens is 224 g/mol. The van der Waals surface area contributed by atoms with Gasteiger partial charge in [-0.1, -0.05) is 24.6 Å². The van der Waals surface area contributed by atoms with Gasteiger partial charge in [-0.25, -0.2) is 0 Å². The first-order valence-corrected chi connectivity index (χ1v) is 6.70. The van der Waals surface area contributed by atoms with Crippen LogP contribution in [0.15, 0.2) is 5.16 Å². The quantitative estimate of drug-likeness (QED) is 0.848. The summed E-state index contributed by atoms with van der Waals surface area (Å²) in [6.45, 7) is 0.896. The van der Waals surface area contributed by atoms with E-state index in [0.717, 1.165) is 30.3 Å². The molecule has 1 saturated carbocycles. The number of nitrogens with zero attached hydrogens (tertiary/aromatic N) is 3. The number of fused-ring (bicyclic) bond motifs is 1. The highest BCUT2D eigenvalue weighted by molar-refractivity contribution is 7.99. The number of carbonyl (C=O) groups is 1. The summed E-state index contributed by atoms with van der Waals surface area (Å²) in [5.41, 5.74) is 0. The largest absolute Gasteiger partial charge is 0.294 e. The SMILES string of the molecule is O=C(Nc1nnc2n1CCS2)C1CCCC1. The molecule has 1 fully saturated rings. The minimum absolute atomic E-state index is 0.115. The smallest absolute Gasteiger partial charge is 0.231 e. The zero-order valence-corrected chi connectivity index (χ0v) is 9.79. The maximum atomic E-state index is 11.9. The lowest BCUT2D eigenvalue weighted by Crippen LogP contribution is -2.22. The molecule has 3 rings (SSSR count). The van der Waals surface area contributed by atoms with Crippen molar-refractivity contribution in [3.05, 3.63) is 0 Å². The lowest BCUT2D eigenvalue weighted by atomic mass is 10.1. The Kier molecular flexibility index (Phi) is 2.59. The molecule has 16 heavy (non-hydrogen) atoms. The van der Waals surface area contributed by atoms with Gasteiger partial charge >= 0.3 is 0 Å². The van der Waals surface area contributed by atoms with E-state index in [2.05, 4.69) is 15.5 Å². The standard InChI is InChI=1S/C10H14N4OS/c15-8(7-3-1-2-4-7)11-9-12-13-10-14(9)5-6-16-10/h7H,1-6H2,(H,11,12,15). The molecule has 1 N–H and O–H groups in total. The summed E-state index contributed by atoms with van der Waals surface area (Å²) in [5.74, 6) is 1.94. The molecule has 6 heteroatoms. The first kappa shape index (κ1) is 10.1. The van der Waals surface area contributed by atoms with E-state index in [1.165, 1.54) is 12.8 Å². The summed E-state index contributed by atoms with van der Waals surface area (Å²) in [4.78, 5) is 11.9. The van der Waals surface area contributed by atoms with E-state index >= 15 is 0 Å². The molecule has 0 spiro atoms. The molecule has 0 radical (unpaired) electrons. The fraction of sp³-hybridized carbons (Fsp3) is 0.700. The summed E-state index contributed by atoms with van der Waals surface area (Å²) in [6, 6.07) is 0. The van der Waals surface area contributed by atoms with Crippen molar-refractivity contribution >= 4 is 23.6 Å². The minimum atomic E-state index is 0.115. The van der Waals surface area contributed by atoms with E-state index in [1.807, 2.05) is 4.57 Å². The summed E-state index contributed by atoms with van der Waals surface area (Å²) >= 11 is 1.69. The molecular formula is C10H14N4OS. The van der Waals surface area contributed by atoms with Crippen LogP contribution in [0.4, 0.5) is 5.95 Å². The summed E-state index contributed by atoms with van der Waals surface area (Å²) in [7, 11) is 0. The van der Waals surface area contributed by atoms with Crippen LogP contribution in [-0.4, -0.2) is 26.4 Å². The van der Waals surface area contributed by atoms with Crippen LogP contribution in [0, 0.1) is 5.92 Å². The lowest BCUT2D eigenvalue weighted by molar-refractivity contribution is -0.119. The molecule has 1 aromatic rings. The number of nitrogens with one attached hydrogen (secondary N) is 1. The third kappa shape index (κ3) is 1.71.